The monoisotopic (exact) mass is 370 g/mol. The second kappa shape index (κ2) is 7.54. The summed E-state index contributed by atoms with van der Waals surface area (Å²) in [6.07, 6.45) is 0. The summed E-state index contributed by atoms with van der Waals surface area (Å²) in [6, 6.07) is 27.2. The standard InChI is InChI=1S/C21H34Si3/c1-7-22(2,3)18-19-23(4,5)24(6,20-14-10-8-11-15-20)21-16-12-9-13-17-21/h8-17H,7,18-19H2,1-6H3. The molecule has 0 heterocycles. The van der Waals surface area contributed by atoms with Crippen LogP contribution in [0.5, 0.6) is 0 Å². The molecule has 0 atom stereocenters. The Kier molecular flexibility index (Phi) is 6.10. The molecule has 0 N–H and O–H groups in total. The average molecular weight is 371 g/mol. The third-order valence-corrected chi connectivity index (χ3v) is 28.2. The minimum Gasteiger partial charge on any atom is -0.0707 e. The van der Waals surface area contributed by atoms with Crippen LogP contribution >= 0.6 is 0 Å². The molecule has 0 radical (unpaired) electrons. The fourth-order valence-corrected chi connectivity index (χ4v) is 21.6. The fraction of sp³-hybridized carbons (Fsp3) is 0.429. The Morgan fingerprint density at radius 2 is 1.04 bits per heavy atom. The van der Waals surface area contributed by atoms with Crippen LogP contribution in [0.4, 0.5) is 0 Å². The maximum atomic E-state index is 2.67. The van der Waals surface area contributed by atoms with Crippen molar-refractivity contribution in [3.63, 3.8) is 0 Å². The predicted octanol–water partition coefficient (Wildman–Crippen LogP) is 5.39. The van der Waals surface area contributed by atoms with Gasteiger partial charge in [0.1, 0.15) is 7.59 Å². The first-order chi connectivity index (χ1) is 11.2. The molecule has 0 nitrogen and oxygen atoms in total. The normalized spacial score (nSPS) is 13.1. The van der Waals surface area contributed by atoms with Gasteiger partial charge in [0.25, 0.3) is 0 Å². The Hall–Kier alpha value is -0.909. The van der Waals surface area contributed by atoms with Crippen LogP contribution in [-0.2, 0) is 0 Å². The number of rotatable bonds is 7. The van der Waals surface area contributed by atoms with Crippen LogP contribution < -0.4 is 10.4 Å². The van der Waals surface area contributed by atoms with E-state index in [0.717, 1.165) is 0 Å². The lowest BCUT2D eigenvalue weighted by Crippen LogP contribution is -2.72. The molecule has 2 aromatic rings. The SMILES string of the molecule is CC[Si](C)(C)CC[Si](C)(C)[Si](C)(c1ccccc1)c1ccccc1. The van der Waals surface area contributed by atoms with Crippen molar-refractivity contribution in [3.05, 3.63) is 60.7 Å². The molecule has 0 amide bonds. The summed E-state index contributed by atoms with van der Waals surface area (Å²) >= 11 is 0. The highest BCUT2D eigenvalue weighted by molar-refractivity contribution is 7.50. The first kappa shape index (κ1) is 19.4. The van der Waals surface area contributed by atoms with Crippen molar-refractivity contribution in [1.82, 2.24) is 0 Å². The zero-order chi connectivity index (χ0) is 17.8. The molecule has 0 aliphatic heterocycles. The largest absolute Gasteiger partial charge is 0.107 e. The minimum absolute atomic E-state index is 1.01. The van der Waals surface area contributed by atoms with Gasteiger partial charge in [-0.05, 0) is 0 Å². The lowest BCUT2D eigenvalue weighted by molar-refractivity contribution is 1.22. The molecule has 0 aromatic heterocycles. The second-order valence-electron chi connectivity index (χ2n) is 8.76. The average Bonchev–Trinajstić information content (AvgIpc) is 2.61. The molecule has 2 aromatic carbocycles. The van der Waals surface area contributed by atoms with Crippen molar-refractivity contribution in [3.8, 4) is 0 Å². The van der Waals surface area contributed by atoms with Crippen molar-refractivity contribution in [2.24, 2.45) is 0 Å². The van der Waals surface area contributed by atoms with E-state index in [1.54, 1.807) is 10.4 Å². The van der Waals surface area contributed by atoms with Crippen LogP contribution in [0.25, 0.3) is 0 Å². The summed E-state index contributed by atoms with van der Waals surface area (Å²) in [7, 11) is -4.08. The quantitative estimate of drug-likeness (QED) is 0.573. The Labute approximate surface area is 152 Å². The van der Waals surface area contributed by atoms with Gasteiger partial charge in [0.15, 0.2) is 0 Å². The summed E-state index contributed by atoms with van der Waals surface area (Å²) in [6.45, 7) is 15.5. The first-order valence-corrected chi connectivity index (χ1v) is 19.5. The minimum atomic E-state index is -1.68. The van der Waals surface area contributed by atoms with Gasteiger partial charge in [-0.3, -0.25) is 0 Å². The molecule has 0 saturated carbocycles. The van der Waals surface area contributed by atoms with E-state index in [1.165, 1.54) is 18.1 Å². The lowest BCUT2D eigenvalue weighted by atomic mass is 10.4. The highest BCUT2D eigenvalue weighted by Gasteiger charge is 2.47. The summed E-state index contributed by atoms with van der Waals surface area (Å²) in [4.78, 5) is 0. The molecule has 0 spiro atoms. The summed E-state index contributed by atoms with van der Waals surface area (Å²) in [5.41, 5.74) is 0. The molecule has 0 saturated heterocycles. The first-order valence-electron chi connectivity index (χ1n) is 9.34. The predicted molar refractivity (Wildman–Crippen MR) is 119 cm³/mol. The van der Waals surface area contributed by atoms with E-state index in [-0.39, 0.29) is 0 Å². The van der Waals surface area contributed by atoms with E-state index in [0.29, 0.717) is 0 Å². The zero-order valence-electron chi connectivity index (χ0n) is 16.4. The Morgan fingerprint density at radius 3 is 1.42 bits per heavy atom. The maximum Gasteiger partial charge on any atom is 0.107 e. The van der Waals surface area contributed by atoms with E-state index in [4.69, 9.17) is 0 Å². The van der Waals surface area contributed by atoms with Gasteiger partial charge >= 0.3 is 0 Å². The molecular weight excluding hydrogens is 336 g/mol. The second-order valence-corrected chi connectivity index (χ2v) is 29.0. The van der Waals surface area contributed by atoms with Gasteiger partial charge in [0.2, 0.25) is 0 Å². The number of benzene rings is 2. The van der Waals surface area contributed by atoms with Crippen LogP contribution in [0, 0.1) is 0 Å². The van der Waals surface area contributed by atoms with Gasteiger partial charge in [-0.15, -0.1) is 0 Å². The van der Waals surface area contributed by atoms with Gasteiger partial charge in [-0.1, -0.05) is 129 Å². The number of hydrogen-bond donors (Lipinski definition) is 0. The molecule has 0 aliphatic carbocycles. The topological polar surface area (TPSA) is 0 Å². The fourth-order valence-electron chi connectivity index (χ4n) is 3.57. The molecular formula is C21H34Si3. The van der Waals surface area contributed by atoms with Crippen molar-refractivity contribution in [2.75, 3.05) is 0 Å². The van der Waals surface area contributed by atoms with Gasteiger partial charge in [0.05, 0.1) is 7.59 Å². The molecule has 0 aliphatic rings. The highest BCUT2D eigenvalue weighted by atomic mass is 29.3. The lowest BCUT2D eigenvalue weighted by Gasteiger charge is -2.43. The van der Waals surface area contributed by atoms with Gasteiger partial charge < -0.3 is 0 Å². The molecule has 130 valence electrons. The van der Waals surface area contributed by atoms with Crippen LogP contribution in [0.2, 0.25) is 50.9 Å². The molecule has 0 bridgehead atoms. The zero-order valence-corrected chi connectivity index (χ0v) is 19.4. The van der Waals surface area contributed by atoms with E-state index >= 15 is 0 Å². The van der Waals surface area contributed by atoms with Crippen molar-refractivity contribution in [1.29, 1.82) is 0 Å². The Morgan fingerprint density at radius 1 is 0.625 bits per heavy atom. The van der Waals surface area contributed by atoms with Crippen molar-refractivity contribution < 1.29 is 0 Å². The van der Waals surface area contributed by atoms with Gasteiger partial charge in [0, 0.05) is 8.07 Å². The Bertz CT molecular complexity index is 593. The van der Waals surface area contributed by atoms with Crippen LogP contribution in [-0.4, -0.2) is 23.3 Å². The van der Waals surface area contributed by atoms with E-state index in [2.05, 4.69) is 100 Å². The van der Waals surface area contributed by atoms with Gasteiger partial charge in [-0.2, -0.15) is 0 Å². The molecule has 0 fully saturated rings. The van der Waals surface area contributed by atoms with Crippen molar-refractivity contribution in [2.45, 2.75) is 57.8 Å². The third-order valence-electron chi connectivity index (χ3n) is 6.44. The maximum absolute atomic E-state index is 2.67. The van der Waals surface area contributed by atoms with Crippen molar-refractivity contribution >= 4 is 33.6 Å². The summed E-state index contributed by atoms with van der Waals surface area (Å²) in [5, 5.41) is 3.26. The number of hydrogen-bond acceptors (Lipinski definition) is 0. The summed E-state index contributed by atoms with van der Waals surface area (Å²) < 4.78 is 0. The van der Waals surface area contributed by atoms with Crippen LogP contribution in [0.1, 0.15) is 6.92 Å². The smallest absolute Gasteiger partial charge is 0.0707 e. The van der Waals surface area contributed by atoms with E-state index < -0.39 is 23.3 Å². The highest BCUT2D eigenvalue weighted by Crippen LogP contribution is 2.29. The molecule has 2 rings (SSSR count). The van der Waals surface area contributed by atoms with Crippen LogP contribution in [0.3, 0.4) is 0 Å². The molecule has 3 heteroatoms. The molecule has 0 unspecified atom stereocenters. The third kappa shape index (κ3) is 4.01. The van der Waals surface area contributed by atoms with E-state index in [9.17, 15) is 0 Å². The molecule has 24 heavy (non-hydrogen) atoms. The van der Waals surface area contributed by atoms with E-state index in [1.807, 2.05) is 0 Å². The Balaban J connectivity index is 2.46. The van der Waals surface area contributed by atoms with Gasteiger partial charge in [-0.25, -0.2) is 0 Å². The van der Waals surface area contributed by atoms with Crippen LogP contribution in [0.15, 0.2) is 60.7 Å². The summed E-state index contributed by atoms with van der Waals surface area (Å²) in [5.74, 6) is 0.